The van der Waals surface area contributed by atoms with Gasteiger partial charge in [-0.05, 0) is 6.42 Å². The van der Waals surface area contributed by atoms with Crippen molar-refractivity contribution < 1.29 is 5.11 Å². The fraction of sp³-hybridized carbons (Fsp3) is 0.857. The molecule has 0 saturated carbocycles. The highest BCUT2D eigenvalue weighted by Crippen LogP contribution is 2.28. The third kappa shape index (κ3) is 5.01. The summed E-state index contributed by atoms with van der Waals surface area (Å²) >= 11 is 0. The van der Waals surface area contributed by atoms with Crippen LogP contribution in [0.1, 0.15) is 59.8 Å². The molecule has 0 heterocycles. The molecule has 3 N–H and O–H groups in total. The van der Waals surface area contributed by atoms with Gasteiger partial charge in [-0.3, -0.25) is 0 Å². The second-order valence-electron chi connectivity index (χ2n) is 5.43. The summed E-state index contributed by atoms with van der Waals surface area (Å²) in [6.45, 7) is 8.28. The summed E-state index contributed by atoms with van der Waals surface area (Å²) in [5, 5.41) is 10.3. The third-order valence-electron chi connectivity index (χ3n) is 2.99. The second-order valence-corrected chi connectivity index (χ2v) is 5.43. The van der Waals surface area contributed by atoms with Crippen molar-refractivity contribution in [1.82, 2.24) is 0 Å². The van der Waals surface area contributed by atoms with Crippen LogP contribution in [0.25, 0.3) is 0 Å². The molecule has 2 nitrogen and oxygen atoms in total. The summed E-state index contributed by atoms with van der Waals surface area (Å²) in [5.41, 5.74) is 4.25. The van der Waals surface area contributed by atoms with E-state index in [1.54, 1.807) is 0 Å². The molecule has 1 unspecified atom stereocenters. The lowest BCUT2D eigenvalue weighted by Gasteiger charge is -2.34. The number of rotatable bonds is 5. The monoisotopic (exact) mass is 225 g/mol. The normalized spacial score (nSPS) is 15.1. The van der Waals surface area contributed by atoms with Crippen molar-refractivity contribution in [3.05, 3.63) is 0 Å². The Labute approximate surface area is 101 Å². The van der Waals surface area contributed by atoms with Crippen LogP contribution in [-0.2, 0) is 0 Å². The standard InChI is InChI=1S/C14H27NO/c1-5-6-7-8-9-10-11-14(16,12-15)13(2,3)4/h16H,5-9,12,15H2,1-4H3. The van der Waals surface area contributed by atoms with Gasteiger partial charge in [-0.25, -0.2) is 0 Å². The van der Waals surface area contributed by atoms with Crippen LogP contribution in [0.2, 0.25) is 0 Å². The van der Waals surface area contributed by atoms with Crippen LogP contribution >= 0.6 is 0 Å². The highest BCUT2D eigenvalue weighted by atomic mass is 16.3. The Morgan fingerprint density at radius 2 is 1.75 bits per heavy atom. The van der Waals surface area contributed by atoms with Gasteiger partial charge in [0.1, 0.15) is 5.60 Å². The number of aliphatic hydroxyl groups is 1. The Morgan fingerprint density at radius 1 is 1.12 bits per heavy atom. The molecule has 0 amide bonds. The van der Waals surface area contributed by atoms with E-state index in [1.807, 2.05) is 20.8 Å². The average molecular weight is 225 g/mol. The fourth-order valence-corrected chi connectivity index (χ4v) is 1.39. The molecule has 16 heavy (non-hydrogen) atoms. The molecule has 0 aromatic rings. The van der Waals surface area contributed by atoms with Crippen molar-refractivity contribution in [1.29, 1.82) is 0 Å². The average Bonchev–Trinajstić information content (AvgIpc) is 2.21. The van der Waals surface area contributed by atoms with E-state index in [0.717, 1.165) is 12.8 Å². The topological polar surface area (TPSA) is 46.2 Å². The van der Waals surface area contributed by atoms with Gasteiger partial charge in [0.15, 0.2) is 0 Å². The molecule has 0 fully saturated rings. The van der Waals surface area contributed by atoms with Crippen LogP contribution in [-0.4, -0.2) is 17.3 Å². The molecule has 0 aliphatic heterocycles. The summed E-state index contributed by atoms with van der Waals surface area (Å²) in [4.78, 5) is 0. The van der Waals surface area contributed by atoms with Crippen molar-refractivity contribution in [2.45, 2.75) is 65.4 Å². The summed E-state index contributed by atoms with van der Waals surface area (Å²) in [6.07, 6.45) is 5.70. The van der Waals surface area contributed by atoms with Crippen molar-refractivity contribution in [2.75, 3.05) is 6.54 Å². The zero-order valence-corrected chi connectivity index (χ0v) is 11.3. The van der Waals surface area contributed by atoms with E-state index in [2.05, 4.69) is 18.8 Å². The molecule has 2 heteroatoms. The SMILES string of the molecule is CCCCCCC#CC(O)(CN)C(C)(C)C. The smallest absolute Gasteiger partial charge is 0.142 e. The molecule has 0 bridgehead atoms. The third-order valence-corrected chi connectivity index (χ3v) is 2.99. The lowest BCUT2D eigenvalue weighted by Crippen LogP contribution is -2.47. The molecular weight excluding hydrogens is 198 g/mol. The fourth-order valence-electron chi connectivity index (χ4n) is 1.39. The predicted octanol–water partition coefficient (Wildman–Crippen LogP) is 2.70. The molecule has 1 atom stereocenters. The Kier molecular flexibility index (Phi) is 6.71. The molecule has 0 aromatic heterocycles. The molecule has 0 aliphatic rings. The summed E-state index contributed by atoms with van der Waals surface area (Å²) in [6, 6.07) is 0. The molecule has 94 valence electrons. The van der Waals surface area contributed by atoms with Gasteiger partial charge in [-0.15, -0.1) is 5.92 Å². The first-order valence-electron chi connectivity index (χ1n) is 6.30. The maximum absolute atomic E-state index is 10.3. The molecule has 0 spiro atoms. The first kappa shape index (κ1) is 15.5. The summed E-state index contributed by atoms with van der Waals surface area (Å²) in [7, 11) is 0. The summed E-state index contributed by atoms with van der Waals surface area (Å²) < 4.78 is 0. The molecule has 0 aliphatic carbocycles. The van der Waals surface area contributed by atoms with Crippen LogP contribution in [0, 0.1) is 17.3 Å². The van der Waals surface area contributed by atoms with Crippen molar-refractivity contribution in [3.63, 3.8) is 0 Å². The van der Waals surface area contributed by atoms with Gasteiger partial charge in [-0.1, -0.05) is 52.9 Å². The Hall–Kier alpha value is -0.520. The minimum Gasteiger partial charge on any atom is -0.376 e. The van der Waals surface area contributed by atoms with Crippen LogP contribution in [0.5, 0.6) is 0 Å². The molecule has 0 saturated heterocycles. The Morgan fingerprint density at radius 3 is 2.19 bits per heavy atom. The Balaban J connectivity index is 4.18. The van der Waals surface area contributed by atoms with E-state index in [-0.39, 0.29) is 12.0 Å². The number of nitrogens with two attached hydrogens (primary N) is 1. The number of hydrogen-bond donors (Lipinski definition) is 2. The largest absolute Gasteiger partial charge is 0.376 e. The van der Waals surface area contributed by atoms with Gasteiger partial charge >= 0.3 is 0 Å². The highest BCUT2D eigenvalue weighted by Gasteiger charge is 2.36. The second kappa shape index (κ2) is 6.93. The van der Waals surface area contributed by atoms with Crippen molar-refractivity contribution >= 4 is 0 Å². The first-order chi connectivity index (χ1) is 7.37. The lowest BCUT2D eigenvalue weighted by molar-refractivity contribution is 0.00378. The molecule has 0 aromatic carbocycles. The minimum absolute atomic E-state index is 0.193. The minimum atomic E-state index is -1.06. The van der Waals surface area contributed by atoms with E-state index in [1.165, 1.54) is 19.3 Å². The zero-order valence-electron chi connectivity index (χ0n) is 11.3. The van der Waals surface area contributed by atoms with E-state index in [0.29, 0.717) is 0 Å². The van der Waals surface area contributed by atoms with Crippen LogP contribution < -0.4 is 5.73 Å². The lowest BCUT2D eigenvalue weighted by atomic mass is 9.77. The van der Waals surface area contributed by atoms with Crippen LogP contribution in [0.4, 0.5) is 0 Å². The van der Waals surface area contributed by atoms with Crippen LogP contribution in [0.3, 0.4) is 0 Å². The van der Waals surface area contributed by atoms with E-state index >= 15 is 0 Å². The Bertz CT molecular complexity index is 244. The van der Waals surface area contributed by atoms with E-state index < -0.39 is 5.60 Å². The van der Waals surface area contributed by atoms with Gasteiger partial charge in [-0.2, -0.15) is 0 Å². The summed E-state index contributed by atoms with van der Waals surface area (Å²) in [5.74, 6) is 6.01. The molecule has 0 rings (SSSR count). The van der Waals surface area contributed by atoms with Crippen LogP contribution in [0.15, 0.2) is 0 Å². The van der Waals surface area contributed by atoms with Gasteiger partial charge < -0.3 is 10.8 Å². The zero-order chi connectivity index (χ0) is 12.7. The van der Waals surface area contributed by atoms with Crippen molar-refractivity contribution in [2.24, 2.45) is 11.1 Å². The molecule has 0 radical (unpaired) electrons. The predicted molar refractivity (Wildman–Crippen MR) is 70.0 cm³/mol. The number of unbranched alkanes of at least 4 members (excludes halogenated alkanes) is 4. The van der Waals surface area contributed by atoms with Gasteiger partial charge in [0.2, 0.25) is 0 Å². The van der Waals surface area contributed by atoms with E-state index in [9.17, 15) is 5.11 Å². The van der Waals surface area contributed by atoms with Gasteiger partial charge in [0.25, 0.3) is 0 Å². The van der Waals surface area contributed by atoms with E-state index in [4.69, 9.17) is 5.73 Å². The highest BCUT2D eigenvalue weighted by molar-refractivity contribution is 5.18. The first-order valence-corrected chi connectivity index (χ1v) is 6.30. The maximum Gasteiger partial charge on any atom is 0.142 e. The maximum atomic E-state index is 10.3. The quantitative estimate of drug-likeness (QED) is 0.558. The number of hydrogen-bond acceptors (Lipinski definition) is 2. The van der Waals surface area contributed by atoms with Gasteiger partial charge in [0.05, 0.1) is 0 Å². The van der Waals surface area contributed by atoms with Gasteiger partial charge in [0, 0.05) is 18.4 Å². The molecular formula is C14H27NO. The van der Waals surface area contributed by atoms with Crippen molar-refractivity contribution in [3.8, 4) is 11.8 Å².